The SMILES string of the molecule is CCC1CCCCC1OC(=O)COc1cccc(N)c1. The van der Waals surface area contributed by atoms with Gasteiger partial charge in [0, 0.05) is 11.8 Å². The van der Waals surface area contributed by atoms with Crippen molar-refractivity contribution in [2.45, 2.75) is 45.1 Å². The molecule has 2 rings (SSSR count). The Labute approximate surface area is 120 Å². The molecule has 2 N–H and O–H groups in total. The number of carbonyl (C=O) groups excluding carboxylic acids is 1. The Morgan fingerprint density at radius 2 is 2.15 bits per heavy atom. The zero-order valence-corrected chi connectivity index (χ0v) is 12.0. The van der Waals surface area contributed by atoms with Crippen LogP contribution in [0.4, 0.5) is 5.69 Å². The Kier molecular flexibility index (Phi) is 5.27. The largest absolute Gasteiger partial charge is 0.482 e. The van der Waals surface area contributed by atoms with Gasteiger partial charge in [-0.25, -0.2) is 4.79 Å². The molecule has 0 aliphatic heterocycles. The fourth-order valence-electron chi connectivity index (χ4n) is 2.75. The van der Waals surface area contributed by atoms with Gasteiger partial charge >= 0.3 is 5.97 Å². The van der Waals surface area contributed by atoms with Gasteiger partial charge in [0.2, 0.25) is 0 Å². The summed E-state index contributed by atoms with van der Waals surface area (Å²) in [5.41, 5.74) is 6.27. The van der Waals surface area contributed by atoms with Crippen molar-refractivity contribution in [1.82, 2.24) is 0 Å². The molecule has 1 aliphatic rings. The van der Waals surface area contributed by atoms with Crippen LogP contribution in [0.15, 0.2) is 24.3 Å². The van der Waals surface area contributed by atoms with Crippen LogP contribution in [0, 0.1) is 5.92 Å². The molecule has 1 aromatic rings. The van der Waals surface area contributed by atoms with Gasteiger partial charge in [-0.3, -0.25) is 0 Å². The second kappa shape index (κ2) is 7.17. The standard InChI is InChI=1S/C16H23NO3/c1-2-12-6-3-4-9-15(12)20-16(18)11-19-14-8-5-7-13(17)10-14/h5,7-8,10,12,15H,2-4,6,9,11,17H2,1H3. The van der Waals surface area contributed by atoms with Crippen molar-refractivity contribution in [3.05, 3.63) is 24.3 Å². The monoisotopic (exact) mass is 277 g/mol. The summed E-state index contributed by atoms with van der Waals surface area (Å²) in [5, 5.41) is 0. The van der Waals surface area contributed by atoms with Crippen LogP contribution in [0.5, 0.6) is 5.75 Å². The molecule has 0 heterocycles. The van der Waals surface area contributed by atoms with Crippen LogP contribution in [0.2, 0.25) is 0 Å². The smallest absolute Gasteiger partial charge is 0.344 e. The van der Waals surface area contributed by atoms with E-state index in [9.17, 15) is 4.79 Å². The molecule has 20 heavy (non-hydrogen) atoms. The number of rotatable bonds is 5. The van der Waals surface area contributed by atoms with Gasteiger partial charge in [0.25, 0.3) is 0 Å². The fourth-order valence-corrected chi connectivity index (χ4v) is 2.75. The highest BCUT2D eigenvalue weighted by atomic mass is 16.6. The molecule has 1 fully saturated rings. The van der Waals surface area contributed by atoms with E-state index in [1.165, 1.54) is 6.42 Å². The average Bonchev–Trinajstić information content (AvgIpc) is 2.46. The van der Waals surface area contributed by atoms with Crippen LogP contribution in [-0.4, -0.2) is 18.7 Å². The summed E-state index contributed by atoms with van der Waals surface area (Å²) in [6.07, 6.45) is 5.64. The molecule has 4 heteroatoms. The number of hydrogen-bond donors (Lipinski definition) is 1. The maximum absolute atomic E-state index is 11.9. The maximum atomic E-state index is 11.9. The quantitative estimate of drug-likeness (QED) is 0.663. The molecule has 0 spiro atoms. The number of anilines is 1. The molecule has 0 amide bonds. The normalized spacial score (nSPS) is 22.2. The Bertz CT molecular complexity index is 447. The minimum absolute atomic E-state index is 0.0591. The van der Waals surface area contributed by atoms with Crippen LogP contribution in [0.25, 0.3) is 0 Å². The number of esters is 1. The summed E-state index contributed by atoms with van der Waals surface area (Å²) in [6.45, 7) is 2.09. The second-order valence-electron chi connectivity index (χ2n) is 5.34. The lowest BCUT2D eigenvalue weighted by Crippen LogP contribution is -2.31. The highest BCUT2D eigenvalue weighted by Crippen LogP contribution is 2.29. The molecule has 0 radical (unpaired) electrons. The van der Waals surface area contributed by atoms with Crippen molar-refractivity contribution in [1.29, 1.82) is 0 Å². The zero-order valence-electron chi connectivity index (χ0n) is 12.0. The highest BCUT2D eigenvalue weighted by Gasteiger charge is 2.26. The predicted octanol–water partition coefficient (Wildman–Crippen LogP) is 3.16. The molecule has 0 saturated heterocycles. The number of carbonyl (C=O) groups is 1. The first kappa shape index (κ1) is 14.7. The molecule has 1 aliphatic carbocycles. The summed E-state index contributed by atoms with van der Waals surface area (Å²) in [7, 11) is 0. The molecule has 4 nitrogen and oxygen atoms in total. The summed E-state index contributed by atoms with van der Waals surface area (Å²) in [4.78, 5) is 11.9. The highest BCUT2D eigenvalue weighted by molar-refractivity contribution is 5.71. The molecule has 2 unspecified atom stereocenters. The first-order valence-electron chi connectivity index (χ1n) is 7.37. The third kappa shape index (κ3) is 4.15. The molecular weight excluding hydrogens is 254 g/mol. The lowest BCUT2D eigenvalue weighted by Gasteiger charge is -2.30. The van der Waals surface area contributed by atoms with E-state index in [0.29, 0.717) is 17.4 Å². The number of benzene rings is 1. The van der Waals surface area contributed by atoms with E-state index < -0.39 is 0 Å². The van der Waals surface area contributed by atoms with Gasteiger partial charge in [-0.05, 0) is 43.7 Å². The van der Waals surface area contributed by atoms with Gasteiger partial charge in [0.1, 0.15) is 11.9 Å². The van der Waals surface area contributed by atoms with Gasteiger partial charge in [-0.1, -0.05) is 19.4 Å². The molecular formula is C16H23NO3. The Hall–Kier alpha value is -1.71. The number of nitrogen functional groups attached to an aromatic ring is 1. The molecule has 1 saturated carbocycles. The van der Waals surface area contributed by atoms with Gasteiger partial charge in [0.05, 0.1) is 0 Å². The third-order valence-corrected chi connectivity index (χ3v) is 3.86. The van der Waals surface area contributed by atoms with Crippen LogP contribution in [-0.2, 0) is 9.53 Å². The minimum Gasteiger partial charge on any atom is -0.482 e. The second-order valence-corrected chi connectivity index (χ2v) is 5.34. The van der Waals surface area contributed by atoms with E-state index in [1.54, 1.807) is 24.3 Å². The fraction of sp³-hybridized carbons (Fsp3) is 0.562. The van der Waals surface area contributed by atoms with Gasteiger partial charge in [-0.2, -0.15) is 0 Å². The molecule has 110 valence electrons. The summed E-state index contributed by atoms with van der Waals surface area (Å²) >= 11 is 0. The van der Waals surface area contributed by atoms with Crippen molar-refractivity contribution >= 4 is 11.7 Å². The Morgan fingerprint density at radius 1 is 1.35 bits per heavy atom. The minimum atomic E-state index is -0.294. The first-order valence-corrected chi connectivity index (χ1v) is 7.37. The molecule has 0 aromatic heterocycles. The zero-order chi connectivity index (χ0) is 14.4. The number of ether oxygens (including phenoxy) is 2. The summed E-state index contributed by atoms with van der Waals surface area (Å²) < 4.78 is 11.0. The molecule has 0 bridgehead atoms. The molecule has 1 aromatic carbocycles. The van der Waals surface area contributed by atoms with E-state index in [4.69, 9.17) is 15.2 Å². The maximum Gasteiger partial charge on any atom is 0.344 e. The third-order valence-electron chi connectivity index (χ3n) is 3.86. The van der Waals surface area contributed by atoms with Crippen LogP contribution in [0.3, 0.4) is 0 Å². The van der Waals surface area contributed by atoms with Crippen molar-refractivity contribution in [2.24, 2.45) is 5.92 Å². The van der Waals surface area contributed by atoms with Gasteiger partial charge in [-0.15, -0.1) is 0 Å². The number of nitrogens with two attached hydrogens (primary N) is 1. The lowest BCUT2D eigenvalue weighted by molar-refractivity contribution is -0.156. The Morgan fingerprint density at radius 3 is 2.90 bits per heavy atom. The number of hydrogen-bond acceptors (Lipinski definition) is 4. The van der Waals surface area contributed by atoms with Gasteiger partial charge < -0.3 is 15.2 Å². The first-order chi connectivity index (χ1) is 9.69. The van der Waals surface area contributed by atoms with E-state index in [-0.39, 0.29) is 18.7 Å². The predicted molar refractivity (Wildman–Crippen MR) is 78.5 cm³/mol. The van der Waals surface area contributed by atoms with Gasteiger partial charge in [0.15, 0.2) is 6.61 Å². The van der Waals surface area contributed by atoms with Crippen LogP contribution in [0.1, 0.15) is 39.0 Å². The van der Waals surface area contributed by atoms with Crippen molar-refractivity contribution in [2.75, 3.05) is 12.3 Å². The summed E-state index contributed by atoms with van der Waals surface area (Å²) in [6, 6.07) is 7.05. The van der Waals surface area contributed by atoms with Crippen LogP contribution >= 0.6 is 0 Å². The van der Waals surface area contributed by atoms with Crippen molar-refractivity contribution < 1.29 is 14.3 Å². The van der Waals surface area contributed by atoms with E-state index in [2.05, 4.69) is 6.92 Å². The average molecular weight is 277 g/mol. The van der Waals surface area contributed by atoms with Crippen molar-refractivity contribution in [3.8, 4) is 5.75 Å². The van der Waals surface area contributed by atoms with E-state index in [0.717, 1.165) is 25.7 Å². The van der Waals surface area contributed by atoms with E-state index in [1.807, 2.05) is 0 Å². The molecule has 2 atom stereocenters. The lowest BCUT2D eigenvalue weighted by atomic mass is 9.85. The summed E-state index contributed by atoms with van der Waals surface area (Å²) in [5.74, 6) is 0.801. The Balaban J connectivity index is 1.80. The van der Waals surface area contributed by atoms with E-state index >= 15 is 0 Å². The topological polar surface area (TPSA) is 61.5 Å². The van der Waals surface area contributed by atoms with Crippen LogP contribution < -0.4 is 10.5 Å². The van der Waals surface area contributed by atoms with Crippen molar-refractivity contribution in [3.63, 3.8) is 0 Å².